The summed E-state index contributed by atoms with van der Waals surface area (Å²) < 4.78 is 5.89. The summed E-state index contributed by atoms with van der Waals surface area (Å²) in [4.78, 5) is 2.44. The molecule has 2 N–H and O–H groups in total. The van der Waals surface area contributed by atoms with Crippen molar-refractivity contribution in [1.29, 1.82) is 0 Å². The summed E-state index contributed by atoms with van der Waals surface area (Å²) in [6, 6.07) is 10.8. The van der Waals surface area contributed by atoms with Crippen molar-refractivity contribution in [3.8, 4) is 0 Å². The maximum Gasteiger partial charge on any atom is 0.0852 e. The van der Waals surface area contributed by atoms with Crippen LogP contribution >= 0.6 is 0 Å². The third-order valence-electron chi connectivity index (χ3n) is 3.84. The number of morpholine rings is 1. The van der Waals surface area contributed by atoms with Crippen LogP contribution < -0.4 is 5.32 Å². The van der Waals surface area contributed by atoms with E-state index in [1.807, 2.05) is 19.9 Å². The molecule has 0 amide bonds. The van der Waals surface area contributed by atoms with Crippen molar-refractivity contribution in [2.45, 2.75) is 45.1 Å². The molecule has 1 aliphatic rings. The first-order valence-corrected chi connectivity index (χ1v) is 7.78. The van der Waals surface area contributed by atoms with E-state index < -0.39 is 5.60 Å². The average Bonchev–Trinajstić information content (AvgIpc) is 2.45. The van der Waals surface area contributed by atoms with Gasteiger partial charge in [0, 0.05) is 32.2 Å². The Morgan fingerprint density at radius 2 is 2.10 bits per heavy atom. The molecule has 1 aliphatic heterocycles. The number of nitrogens with one attached hydrogen (secondary N) is 1. The van der Waals surface area contributed by atoms with Crippen LogP contribution in [0.1, 0.15) is 26.3 Å². The molecule has 1 saturated heterocycles. The van der Waals surface area contributed by atoms with E-state index >= 15 is 0 Å². The van der Waals surface area contributed by atoms with Crippen molar-refractivity contribution in [2.75, 3.05) is 26.2 Å². The Kier molecular flexibility index (Phi) is 5.76. The number of benzene rings is 1. The lowest BCUT2D eigenvalue weighted by Crippen LogP contribution is -2.52. The van der Waals surface area contributed by atoms with E-state index in [0.29, 0.717) is 6.54 Å². The molecule has 1 aromatic rings. The molecule has 1 heterocycles. The van der Waals surface area contributed by atoms with Crippen molar-refractivity contribution in [3.63, 3.8) is 0 Å². The van der Waals surface area contributed by atoms with Gasteiger partial charge in [0.05, 0.1) is 18.3 Å². The van der Waals surface area contributed by atoms with E-state index in [1.54, 1.807) is 0 Å². The van der Waals surface area contributed by atoms with E-state index in [2.05, 4.69) is 41.4 Å². The molecule has 2 rings (SSSR count). The summed E-state index contributed by atoms with van der Waals surface area (Å²) in [5.41, 5.74) is 0.655. The number of aliphatic hydroxyl groups is 1. The zero-order chi connectivity index (χ0) is 15.3. The Morgan fingerprint density at radius 3 is 2.76 bits per heavy atom. The van der Waals surface area contributed by atoms with E-state index in [1.165, 1.54) is 5.56 Å². The van der Waals surface area contributed by atoms with Gasteiger partial charge in [0.2, 0.25) is 0 Å². The summed E-state index contributed by atoms with van der Waals surface area (Å²) in [5, 5.41) is 13.2. The highest BCUT2D eigenvalue weighted by Crippen LogP contribution is 2.13. The first kappa shape index (κ1) is 16.4. The predicted octanol–water partition coefficient (Wildman–Crippen LogP) is 1.64. The average molecular weight is 292 g/mol. The highest BCUT2D eigenvalue weighted by Gasteiger charge is 2.26. The third-order valence-corrected chi connectivity index (χ3v) is 3.84. The second kappa shape index (κ2) is 7.36. The molecule has 1 aromatic carbocycles. The summed E-state index contributed by atoms with van der Waals surface area (Å²) in [5.74, 6) is 0. The number of rotatable bonds is 6. The fourth-order valence-electron chi connectivity index (χ4n) is 2.56. The summed E-state index contributed by atoms with van der Waals surface area (Å²) in [6.07, 6.45) is 0.171. The molecule has 2 atom stereocenters. The lowest BCUT2D eigenvalue weighted by atomic mass is 10.1. The van der Waals surface area contributed by atoms with Gasteiger partial charge in [-0.3, -0.25) is 4.90 Å². The number of ether oxygens (including phenoxy) is 1. The maximum atomic E-state index is 9.80. The topological polar surface area (TPSA) is 44.7 Å². The fraction of sp³-hybridized carbons (Fsp3) is 0.647. The van der Waals surface area contributed by atoms with Gasteiger partial charge >= 0.3 is 0 Å². The fourth-order valence-corrected chi connectivity index (χ4v) is 2.56. The van der Waals surface area contributed by atoms with E-state index in [9.17, 15) is 5.11 Å². The molecule has 0 saturated carbocycles. The van der Waals surface area contributed by atoms with Crippen LogP contribution in [-0.4, -0.2) is 54.0 Å². The lowest BCUT2D eigenvalue weighted by molar-refractivity contribution is -0.0491. The van der Waals surface area contributed by atoms with Crippen LogP contribution in [0.5, 0.6) is 0 Å². The Labute approximate surface area is 128 Å². The SMILES string of the molecule is CC(NCC(C)(C)O)C1CN(Cc2ccccc2)CCO1. The largest absolute Gasteiger partial charge is 0.389 e. The van der Waals surface area contributed by atoms with Crippen LogP contribution in [0.25, 0.3) is 0 Å². The van der Waals surface area contributed by atoms with Crippen LogP contribution in [0.3, 0.4) is 0 Å². The molecule has 4 nitrogen and oxygen atoms in total. The van der Waals surface area contributed by atoms with Crippen LogP contribution in [-0.2, 0) is 11.3 Å². The molecule has 21 heavy (non-hydrogen) atoms. The first-order valence-electron chi connectivity index (χ1n) is 7.78. The second-order valence-corrected chi connectivity index (χ2v) is 6.61. The molecule has 4 heteroatoms. The first-order chi connectivity index (χ1) is 9.94. The van der Waals surface area contributed by atoms with E-state index in [0.717, 1.165) is 26.2 Å². The lowest BCUT2D eigenvalue weighted by Gasteiger charge is -2.37. The van der Waals surface area contributed by atoms with E-state index in [4.69, 9.17) is 4.74 Å². The second-order valence-electron chi connectivity index (χ2n) is 6.61. The van der Waals surface area contributed by atoms with Crippen LogP contribution in [0.4, 0.5) is 0 Å². The Morgan fingerprint density at radius 1 is 1.38 bits per heavy atom. The molecule has 0 aliphatic carbocycles. The quantitative estimate of drug-likeness (QED) is 0.836. The van der Waals surface area contributed by atoms with Gasteiger partial charge < -0.3 is 15.2 Å². The van der Waals surface area contributed by atoms with Crippen LogP contribution in [0.15, 0.2) is 30.3 Å². The number of hydrogen-bond donors (Lipinski definition) is 2. The molecular formula is C17H28N2O2. The van der Waals surface area contributed by atoms with Gasteiger partial charge in [0.15, 0.2) is 0 Å². The van der Waals surface area contributed by atoms with Crippen LogP contribution in [0.2, 0.25) is 0 Å². The molecule has 0 radical (unpaired) electrons. The van der Waals surface area contributed by atoms with Gasteiger partial charge in [0.25, 0.3) is 0 Å². The number of nitrogens with zero attached hydrogens (tertiary/aromatic N) is 1. The minimum Gasteiger partial charge on any atom is -0.389 e. The minimum atomic E-state index is -0.688. The van der Waals surface area contributed by atoms with Gasteiger partial charge in [-0.2, -0.15) is 0 Å². The zero-order valence-corrected chi connectivity index (χ0v) is 13.4. The highest BCUT2D eigenvalue weighted by atomic mass is 16.5. The van der Waals surface area contributed by atoms with Gasteiger partial charge in [-0.1, -0.05) is 30.3 Å². The number of hydrogen-bond acceptors (Lipinski definition) is 4. The highest BCUT2D eigenvalue weighted by molar-refractivity contribution is 5.14. The van der Waals surface area contributed by atoms with Gasteiger partial charge in [-0.05, 0) is 26.3 Å². The van der Waals surface area contributed by atoms with Crippen molar-refractivity contribution < 1.29 is 9.84 Å². The Hall–Kier alpha value is -0.940. The molecule has 0 spiro atoms. The smallest absolute Gasteiger partial charge is 0.0852 e. The molecular weight excluding hydrogens is 264 g/mol. The van der Waals surface area contributed by atoms with Gasteiger partial charge in [-0.15, -0.1) is 0 Å². The summed E-state index contributed by atoms with van der Waals surface area (Å²) in [7, 11) is 0. The Bertz CT molecular complexity index is 417. The summed E-state index contributed by atoms with van der Waals surface area (Å²) >= 11 is 0. The summed E-state index contributed by atoms with van der Waals surface area (Å²) in [6.45, 7) is 9.98. The molecule has 0 bridgehead atoms. The van der Waals surface area contributed by atoms with Crippen molar-refractivity contribution in [3.05, 3.63) is 35.9 Å². The molecule has 1 fully saturated rings. The molecule has 118 valence electrons. The maximum absolute atomic E-state index is 9.80. The Balaban J connectivity index is 1.82. The van der Waals surface area contributed by atoms with Gasteiger partial charge in [0.1, 0.15) is 0 Å². The molecule has 0 aromatic heterocycles. The van der Waals surface area contributed by atoms with Crippen molar-refractivity contribution in [2.24, 2.45) is 0 Å². The van der Waals surface area contributed by atoms with Crippen LogP contribution in [0, 0.1) is 0 Å². The third kappa shape index (κ3) is 5.75. The zero-order valence-electron chi connectivity index (χ0n) is 13.4. The monoisotopic (exact) mass is 292 g/mol. The van der Waals surface area contributed by atoms with Crippen molar-refractivity contribution in [1.82, 2.24) is 10.2 Å². The molecule has 2 unspecified atom stereocenters. The van der Waals surface area contributed by atoms with Crippen molar-refractivity contribution >= 4 is 0 Å². The normalized spacial score (nSPS) is 22.2. The van der Waals surface area contributed by atoms with Gasteiger partial charge in [-0.25, -0.2) is 0 Å². The minimum absolute atomic E-state index is 0.171. The standard InChI is InChI=1S/C17H28N2O2/c1-14(18-13-17(2,3)20)16-12-19(9-10-21-16)11-15-7-5-4-6-8-15/h4-8,14,16,18,20H,9-13H2,1-3H3. The van der Waals surface area contributed by atoms with E-state index in [-0.39, 0.29) is 12.1 Å². The predicted molar refractivity (Wildman–Crippen MR) is 85.2 cm³/mol.